The number of nitrogens with one attached hydrogen (secondary N) is 1. The Hall–Kier alpha value is -1.40. The van der Waals surface area contributed by atoms with Crippen molar-refractivity contribution < 1.29 is 24.5 Å². The van der Waals surface area contributed by atoms with Gasteiger partial charge in [0.2, 0.25) is 5.91 Å². The van der Waals surface area contributed by atoms with E-state index in [-0.39, 0.29) is 24.9 Å². The third-order valence-corrected chi connectivity index (χ3v) is 12.3. The highest BCUT2D eigenvalue weighted by molar-refractivity contribution is 5.77. The van der Waals surface area contributed by atoms with Crippen molar-refractivity contribution in [2.45, 2.75) is 309 Å². The van der Waals surface area contributed by atoms with Gasteiger partial charge in [0, 0.05) is 6.42 Å². The van der Waals surface area contributed by atoms with Gasteiger partial charge in [0.1, 0.15) is 6.10 Å². The predicted molar refractivity (Wildman–Crippen MR) is 255 cm³/mol. The maximum Gasteiger partial charge on any atom is 0.306 e. The van der Waals surface area contributed by atoms with Gasteiger partial charge >= 0.3 is 5.97 Å². The number of hydrogen-bond donors (Lipinski definition) is 3. The number of amides is 1. The predicted octanol–water partition coefficient (Wildman–Crippen LogP) is 15.7. The summed E-state index contributed by atoms with van der Waals surface area (Å²) >= 11 is 0. The first-order valence-electron chi connectivity index (χ1n) is 26.4. The molecule has 3 unspecified atom stereocenters. The highest BCUT2D eigenvalue weighted by Crippen LogP contribution is 2.18. The number of allylic oxidation sites excluding steroid dienone is 2. The molecule has 350 valence electrons. The molecule has 3 atom stereocenters. The minimum Gasteiger partial charge on any atom is -0.462 e. The molecule has 0 radical (unpaired) electrons. The highest BCUT2D eigenvalue weighted by atomic mass is 16.5. The second-order valence-electron chi connectivity index (χ2n) is 18.3. The van der Waals surface area contributed by atoms with Gasteiger partial charge in [0.15, 0.2) is 0 Å². The van der Waals surface area contributed by atoms with E-state index in [2.05, 4.69) is 38.2 Å². The van der Waals surface area contributed by atoms with E-state index in [0.717, 1.165) is 44.9 Å². The van der Waals surface area contributed by atoms with Gasteiger partial charge in [0.25, 0.3) is 0 Å². The lowest BCUT2D eigenvalue weighted by Gasteiger charge is -2.24. The van der Waals surface area contributed by atoms with Crippen LogP contribution in [0.3, 0.4) is 0 Å². The van der Waals surface area contributed by atoms with Crippen LogP contribution in [0, 0.1) is 0 Å². The van der Waals surface area contributed by atoms with Crippen LogP contribution in [0.2, 0.25) is 0 Å². The van der Waals surface area contributed by atoms with E-state index in [0.29, 0.717) is 19.3 Å². The average molecular weight is 834 g/mol. The Morgan fingerprint density at radius 3 is 1.22 bits per heavy atom. The molecule has 6 heteroatoms. The van der Waals surface area contributed by atoms with Crippen LogP contribution >= 0.6 is 0 Å². The van der Waals surface area contributed by atoms with Gasteiger partial charge < -0.3 is 20.3 Å². The summed E-state index contributed by atoms with van der Waals surface area (Å²) in [4.78, 5) is 26.1. The molecule has 0 aromatic carbocycles. The Morgan fingerprint density at radius 1 is 0.475 bits per heavy atom. The van der Waals surface area contributed by atoms with Gasteiger partial charge in [-0.3, -0.25) is 9.59 Å². The number of aliphatic hydroxyl groups is 2. The van der Waals surface area contributed by atoms with E-state index in [1.54, 1.807) is 0 Å². The number of hydrogen-bond acceptors (Lipinski definition) is 5. The minimum absolute atomic E-state index is 0.0831. The fourth-order valence-electron chi connectivity index (χ4n) is 8.31. The smallest absolute Gasteiger partial charge is 0.306 e. The van der Waals surface area contributed by atoms with Crippen molar-refractivity contribution in [2.24, 2.45) is 0 Å². The molecule has 0 spiro atoms. The molecule has 59 heavy (non-hydrogen) atoms. The number of rotatable bonds is 48. The number of esters is 1. The number of unbranched alkanes of at least 4 members (excludes halogenated alkanes) is 34. The molecule has 0 heterocycles. The van der Waals surface area contributed by atoms with Crippen molar-refractivity contribution in [1.82, 2.24) is 5.32 Å². The molecule has 0 aliphatic heterocycles. The van der Waals surface area contributed by atoms with E-state index < -0.39 is 18.2 Å². The molecule has 1 amide bonds. The summed E-state index contributed by atoms with van der Waals surface area (Å²) in [6.45, 7) is 6.49. The maximum absolute atomic E-state index is 13.2. The molecule has 0 aliphatic rings. The molecule has 0 bridgehead atoms. The van der Waals surface area contributed by atoms with Gasteiger partial charge in [-0.25, -0.2) is 0 Å². The van der Waals surface area contributed by atoms with Gasteiger partial charge in [-0.1, -0.05) is 238 Å². The Kier molecular flexibility index (Phi) is 46.5. The minimum atomic E-state index is -0.782. The van der Waals surface area contributed by atoms with Crippen molar-refractivity contribution in [3.05, 3.63) is 12.2 Å². The van der Waals surface area contributed by atoms with Crippen LogP contribution in [0.1, 0.15) is 290 Å². The lowest BCUT2D eigenvalue weighted by molar-refractivity contribution is -0.151. The van der Waals surface area contributed by atoms with E-state index >= 15 is 0 Å². The van der Waals surface area contributed by atoms with E-state index in [1.165, 1.54) is 199 Å². The van der Waals surface area contributed by atoms with Crippen molar-refractivity contribution in [3.63, 3.8) is 0 Å². The summed E-state index contributed by atoms with van der Waals surface area (Å²) in [7, 11) is 0. The van der Waals surface area contributed by atoms with Gasteiger partial charge in [-0.2, -0.15) is 0 Å². The second-order valence-corrected chi connectivity index (χ2v) is 18.3. The molecule has 0 saturated carbocycles. The average Bonchev–Trinajstić information content (AvgIpc) is 3.23. The molecule has 0 aliphatic carbocycles. The van der Waals surface area contributed by atoms with Crippen molar-refractivity contribution >= 4 is 11.9 Å². The molecule has 0 fully saturated rings. The van der Waals surface area contributed by atoms with Crippen LogP contribution in [-0.4, -0.2) is 46.9 Å². The fraction of sp³-hybridized carbons (Fsp3) is 0.925. The van der Waals surface area contributed by atoms with Crippen LogP contribution in [0.25, 0.3) is 0 Å². The topological polar surface area (TPSA) is 95.9 Å². The third kappa shape index (κ3) is 43.1. The fourth-order valence-corrected chi connectivity index (χ4v) is 8.31. The number of aliphatic hydroxyl groups excluding tert-OH is 2. The van der Waals surface area contributed by atoms with Crippen molar-refractivity contribution in [3.8, 4) is 0 Å². The number of carbonyl (C=O) groups is 2. The standard InChI is InChI=1S/C53H103NO5/c1-4-7-10-13-16-19-22-25-26-28-31-34-37-40-43-46-53(58)59-49(44-41-38-35-32-29-24-21-18-15-12-9-6-3)47-52(57)54-50(48-55)51(56)45-42-39-36-33-30-27-23-20-17-14-11-8-5-2/h19,22,49-51,55-56H,4-18,20-21,23-48H2,1-3H3,(H,54,57)/b22-19-. The van der Waals surface area contributed by atoms with E-state index in [1.807, 2.05) is 0 Å². The summed E-state index contributed by atoms with van der Waals surface area (Å²) in [5.41, 5.74) is 0. The summed E-state index contributed by atoms with van der Waals surface area (Å²) in [6.07, 6.45) is 52.7. The van der Waals surface area contributed by atoms with Crippen molar-refractivity contribution in [2.75, 3.05) is 6.61 Å². The number of carbonyl (C=O) groups excluding carboxylic acids is 2. The molecule has 0 aromatic heterocycles. The molecule has 0 rings (SSSR count). The summed E-state index contributed by atoms with van der Waals surface area (Å²) in [6, 6.07) is -0.695. The Labute approximate surface area is 368 Å². The number of ether oxygens (including phenoxy) is 1. The van der Waals surface area contributed by atoms with Gasteiger partial charge in [-0.05, 0) is 51.4 Å². The zero-order chi connectivity index (χ0) is 43.1. The van der Waals surface area contributed by atoms with Crippen LogP contribution in [0.5, 0.6) is 0 Å². The first kappa shape index (κ1) is 57.6. The SMILES string of the molecule is CCCCCC/C=C\CCCCCCCCCC(=O)OC(CCCCCCCCCCCCCC)CC(=O)NC(CO)C(O)CCCCCCCCCCCCCCC. The van der Waals surface area contributed by atoms with Crippen LogP contribution < -0.4 is 5.32 Å². The largest absolute Gasteiger partial charge is 0.462 e. The Bertz CT molecular complexity index is 893. The van der Waals surface area contributed by atoms with E-state index in [9.17, 15) is 19.8 Å². The lowest BCUT2D eigenvalue weighted by Crippen LogP contribution is -2.46. The van der Waals surface area contributed by atoms with Crippen LogP contribution in [-0.2, 0) is 14.3 Å². The zero-order valence-electron chi connectivity index (χ0n) is 39.9. The first-order chi connectivity index (χ1) is 29.0. The normalized spacial score (nSPS) is 13.2. The second kappa shape index (κ2) is 47.6. The summed E-state index contributed by atoms with van der Waals surface area (Å²) in [5, 5.41) is 23.8. The molecule has 6 nitrogen and oxygen atoms in total. The summed E-state index contributed by atoms with van der Waals surface area (Å²) in [5.74, 6) is -0.461. The third-order valence-electron chi connectivity index (χ3n) is 12.3. The zero-order valence-corrected chi connectivity index (χ0v) is 39.9. The van der Waals surface area contributed by atoms with Crippen LogP contribution in [0.15, 0.2) is 12.2 Å². The monoisotopic (exact) mass is 834 g/mol. The van der Waals surface area contributed by atoms with Crippen molar-refractivity contribution in [1.29, 1.82) is 0 Å². The Balaban J connectivity index is 4.51. The van der Waals surface area contributed by atoms with E-state index in [4.69, 9.17) is 4.74 Å². The molecule has 3 N–H and O–H groups in total. The first-order valence-corrected chi connectivity index (χ1v) is 26.4. The van der Waals surface area contributed by atoms with Crippen LogP contribution in [0.4, 0.5) is 0 Å². The molecule has 0 aromatic rings. The molecular weight excluding hydrogens is 731 g/mol. The lowest BCUT2D eigenvalue weighted by atomic mass is 10.0. The van der Waals surface area contributed by atoms with Gasteiger partial charge in [0.05, 0.1) is 25.2 Å². The van der Waals surface area contributed by atoms with Gasteiger partial charge in [-0.15, -0.1) is 0 Å². The maximum atomic E-state index is 13.2. The molecule has 0 saturated heterocycles. The molecular formula is C53H103NO5. The quantitative estimate of drug-likeness (QED) is 0.0322. The Morgan fingerprint density at radius 2 is 0.814 bits per heavy atom. The summed E-state index contributed by atoms with van der Waals surface area (Å²) < 4.78 is 5.94. The highest BCUT2D eigenvalue weighted by Gasteiger charge is 2.24.